The Bertz CT molecular complexity index is 499. The van der Waals surface area contributed by atoms with Crippen molar-refractivity contribution in [3.8, 4) is 0 Å². The minimum Gasteiger partial charge on any atom is -0.378 e. The molecule has 1 aromatic rings. The van der Waals surface area contributed by atoms with Gasteiger partial charge in [0.25, 0.3) is 5.56 Å². The van der Waals surface area contributed by atoms with Gasteiger partial charge in [-0.15, -0.1) is 0 Å². The van der Waals surface area contributed by atoms with Gasteiger partial charge in [0.15, 0.2) is 5.82 Å². The van der Waals surface area contributed by atoms with Crippen LogP contribution in [0.1, 0.15) is 6.42 Å². The number of anilines is 1. The van der Waals surface area contributed by atoms with Gasteiger partial charge < -0.3 is 19.9 Å². The van der Waals surface area contributed by atoms with Gasteiger partial charge in [-0.1, -0.05) is 11.6 Å². The van der Waals surface area contributed by atoms with Crippen LogP contribution in [0.5, 0.6) is 0 Å². The van der Waals surface area contributed by atoms with E-state index in [1.807, 2.05) is 0 Å². The number of aromatic amines is 1. The van der Waals surface area contributed by atoms with Crippen LogP contribution in [0.25, 0.3) is 0 Å². The number of morpholine rings is 1. The predicted octanol–water partition coefficient (Wildman–Crippen LogP) is 0.0841. The molecule has 0 aliphatic carbocycles. The van der Waals surface area contributed by atoms with E-state index in [0.717, 1.165) is 0 Å². The number of halogens is 1. The third kappa shape index (κ3) is 3.68. The number of nitrogens with zero attached hydrogens (tertiary/aromatic N) is 2. The molecule has 104 valence electrons. The average molecular weight is 287 g/mol. The van der Waals surface area contributed by atoms with E-state index in [9.17, 15) is 9.59 Å². The van der Waals surface area contributed by atoms with E-state index in [4.69, 9.17) is 16.3 Å². The first kappa shape index (κ1) is 13.8. The van der Waals surface area contributed by atoms with Crippen LogP contribution in [-0.4, -0.2) is 53.6 Å². The summed E-state index contributed by atoms with van der Waals surface area (Å²) >= 11 is 5.78. The molecule has 1 saturated heterocycles. The van der Waals surface area contributed by atoms with Gasteiger partial charge in [0.2, 0.25) is 5.91 Å². The number of carbonyl (C=O) groups is 1. The maximum atomic E-state index is 11.8. The minimum atomic E-state index is -0.404. The zero-order chi connectivity index (χ0) is 13.7. The number of rotatable bonds is 4. The third-order valence-corrected chi connectivity index (χ3v) is 3.14. The van der Waals surface area contributed by atoms with Gasteiger partial charge in [-0.05, 0) is 0 Å². The van der Waals surface area contributed by atoms with Crippen LogP contribution in [0.2, 0.25) is 5.02 Å². The summed E-state index contributed by atoms with van der Waals surface area (Å²) in [6, 6.07) is 0. The molecule has 1 aliphatic heterocycles. The van der Waals surface area contributed by atoms with Crippen LogP contribution in [-0.2, 0) is 9.53 Å². The van der Waals surface area contributed by atoms with Crippen LogP contribution in [0, 0.1) is 0 Å². The van der Waals surface area contributed by atoms with Crippen LogP contribution in [0.3, 0.4) is 0 Å². The summed E-state index contributed by atoms with van der Waals surface area (Å²) in [6.07, 6.45) is 1.59. The van der Waals surface area contributed by atoms with Gasteiger partial charge in [-0.2, -0.15) is 0 Å². The van der Waals surface area contributed by atoms with Crippen LogP contribution >= 0.6 is 11.6 Å². The molecule has 0 atom stereocenters. The molecule has 0 saturated carbocycles. The molecule has 8 heteroatoms. The van der Waals surface area contributed by atoms with Gasteiger partial charge in [-0.3, -0.25) is 9.59 Å². The van der Waals surface area contributed by atoms with E-state index in [1.165, 1.54) is 6.33 Å². The fourth-order valence-electron chi connectivity index (χ4n) is 1.76. The van der Waals surface area contributed by atoms with E-state index in [-0.39, 0.29) is 10.9 Å². The highest BCUT2D eigenvalue weighted by Gasteiger charge is 2.16. The lowest BCUT2D eigenvalue weighted by Gasteiger charge is -2.26. The second-order valence-electron chi connectivity index (χ2n) is 4.06. The van der Waals surface area contributed by atoms with E-state index < -0.39 is 5.56 Å². The van der Waals surface area contributed by atoms with Crippen molar-refractivity contribution in [1.29, 1.82) is 0 Å². The Balaban J connectivity index is 1.81. The lowest BCUT2D eigenvalue weighted by molar-refractivity contribution is -0.134. The second kappa shape index (κ2) is 6.53. The first-order chi connectivity index (χ1) is 9.18. The smallest absolute Gasteiger partial charge is 0.271 e. The zero-order valence-electron chi connectivity index (χ0n) is 10.3. The van der Waals surface area contributed by atoms with Crippen molar-refractivity contribution < 1.29 is 9.53 Å². The van der Waals surface area contributed by atoms with Crippen molar-refractivity contribution in [1.82, 2.24) is 14.9 Å². The van der Waals surface area contributed by atoms with Gasteiger partial charge in [-0.25, -0.2) is 4.98 Å². The highest BCUT2D eigenvalue weighted by atomic mass is 35.5. The van der Waals surface area contributed by atoms with Crippen molar-refractivity contribution >= 4 is 23.3 Å². The van der Waals surface area contributed by atoms with Crippen LogP contribution < -0.4 is 10.9 Å². The lowest BCUT2D eigenvalue weighted by atomic mass is 10.3. The van der Waals surface area contributed by atoms with Crippen LogP contribution in [0.4, 0.5) is 5.82 Å². The average Bonchev–Trinajstić information content (AvgIpc) is 2.44. The normalized spacial score (nSPS) is 15.3. The molecule has 0 spiro atoms. The number of hydrogen-bond donors (Lipinski definition) is 2. The molecule has 1 aromatic heterocycles. The number of nitrogens with one attached hydrogen (secondary N) is 2. The van der Waals surface area contributed by atoms with Crippen molar-refractivity contribution in [2.45, 2.75) is 6.42 Å². The molecule has 1 fully saturated rings. The Kier molecular flexibility index (Phi) is 4.75. The summed E-state index contributed by atoms with van der Waals surface area (Å²) in [5, 5.41) is 2.88. The standard InChI is InChI=1S/C11H15ClN4O3/c12-9-10(14-7-15-11(9)18)13-2-1-8(17)16-3-5-19-6-4-16/h7H,1-6H2,(H2,13,14,15,18). The van der Waals surface area contributed by atoms with Crippen molar-refractivity contribution in [2.75, 3.05) is 38.2 Å². The fraction of sp³-hybridized carbons (Fsp3) is 0.545. The number of amides is 1. The quantitative estimate of drug-likeness (QED) is 0.819. The maximum absolute atomic E-state index is 11.8. The Morgan fingerprint density at radius 1 is 1.53 bits per heavy atom. The summed E-state index contributed by atoms with van der Waals surface area (Å²) in [5.74, 6) is 0.344. The number of H-pyrrole nitrogens is 1. The van der Waals surface area contributed by atoms with Crippen molar-refractivity contribution in [2.24, 2.45) is 0 Å². The molecule has 1 amide bonds. The molecule has 2 heterocycles. The number of hydrogen-bond acceptors (Lipinski definition) is 5. The SMILES string of the molecule is O=C(CCNc1nc[nH]c(=O)c1Cl)N1CCOCC1. The minimum absolute atomic E-state index is 0.00122. The summed E-state index contributed by atoms with van der Waals surface area (Å²) in [7, 11) is 0. The third-order valence-electron chi connectivity index (χ3n) is 2.79. The molecule has 2 rings (SSSR count). The van der Waals surface area contributed by atoms with E-state index in [1.54, 1.807) is 4.90 Å². The molecule has 19 heavy (non-hydrogen) atoms. The Morgan fingerprint density at radius 3 is 3.00 bits per heavy atom. The van der Waals surface area contributed by atoms with E-state index in [0.29, 0.717) is 45.1 Å². The van der Waals surface area contributed by atoms with E-state index >= 15 is 0 Å². The number of ether oxygens (including phenoxy) is 1. The van der Waals surface area contributed by atoms with Gasteiger partial charge in [0.05, 0.1) is 19.5 Å². The first-order valence-electron chi connectivity index (χ1n) is 6.01. The molecule has 0 radical (unpaired) electrons. The number of carbonyl (C=O) groups excluding carboxylic acids is 1. The fourth-order valence-corrected chi connectivity index (χ4v) is 1.94. The van der Waals surface area contributed by atoms with Gasteiger partial charge in [0.1, 0.15) is 5.02 Å². The monoisotopic (exact) mass is 286 g/mol. The Labute approximate surface area is 114 Å². The molecule has 0 aromatic carbocycles. The molecular weight excluding hydrogens is 272 g/mol. The van der Waals surface area contributed by atoms with Crippen molar-refractivity contribution in [3.63, 3.8) is 0 Å². The van der Waals surface area contributed by atoms with Gasteiger partial charge in [0, 0.05) is 26.1 Å². The van der Waals surface area contributed by atoms with Crippen molar-refractivity contribution in [3.05, 3.63) is 21.7 Å². The largest absolute Gasteiger partial charge is 0.378 e. The summed E-state index contributed by atoms with van der Waals surface area (Å²) in [4.78, 5) is 31.1. The molecule has 0 bridgehead atoms. The zero-order valence-corrected chi connectivity index (χ0v) is 11.1. The van der Waals surface area contributed by atoms with Gasteiger partial charge >= 0.3 is 0 Å². The molecule has 1 aliphatic rings. The maximum Gasteiger partial charge on any atom is 0.271 e. The van der Waals surface area contributed by atoms with Crippen LogP contribution in [0.15, 0.2) is 11.1 Å². The highest BCUT2D eigenvalue weighted by molar-refractivity contribution is 6.32. The lowest BCUT2D eigenvalue weighted by Crippen LogP contribution is -2.41. The Morgan fingerprint density at radius 2 is 2.26 bits per heavy atom. The second-order valence-corrected chi connectivity index (χ2v) is 4.44. The first-order valence-corrected chi connectivity index (χ1v) is 6.39. The molecule has 2 N–H and O–H groups in total. The molecular formula is C11H15ClN4O3. The topological polar surface area (TPSA) is 87.3 Å². The Hall–Kier alpha value is -1.60. The summed E-state index contributed by atoms with van der Waals surface area (Å²) < 4.78 is 5.18. The summed E-state index contributed by atoms with van der Waals surface area (Å²) in [5.41, 5.74) is -0.404. The summed E-state index contributed by atoms with van der Waals surface area (Å²) in [6.45, 7) is 2.80. The van der Waals surface area contributed by atoms with E-state index in [2.05, 4.69) is 15.3 Å². The molecule has 0 unspecified atom stereocenters. The highest BCUT2D eigenvalue weighted by Crippen LogP contribution is 2.11. The number of aromatic nitrogens is 2. The predicted molar refractivity (Wildman–Crippen MR) is 70.4 cm³/mol. The molecule has 7 nitrogen and oxygen atoms in total.